The summed E-state index contributed by atoms with van der Waals surface area (Å²) in [5, 5.41) is 12.5. The van der Waals surface area contributed by atoms with Gasteiger partial charge in [-0.25, -0.2) is 0 Å². The van der Waals surface area contributed by atoms with Gasteiger partial charge < -0.3 is 20.1 Å². The standard InChI is InChI=1S/C13H24N2O3/c1-9-3-4-11(5-14-9)13(17)15-6-12(7-16)18-8-10(15)2/h9-12,14,16H,3-8H2,1-2H3. The molecule has 0 aromatic carbocycles. The van der Waals surface area contributed by atoms with E-state index in [0.29, 0.717) is 19.2 Å². The van der Waals surface area contributed by atoms with Crippen LogP contribution in [0.4, 0.5) is 0 Å². The molecule has 2 saturated heterocycles. The predicted molar refractivity (Wildman–Crippen MR) is 68.2 cm³/mol. The molecule has 0 bridgehead atoms. The van der Waals surface area contributed by atoms with Gasteiger partial charge in [0.15, 0.2) is 0 Å². The Morgan fingerprint density at radius 2 is 2.22 bits per heavy atom. The maximum atomic E-state index is 12.5. The third kappa shape index (κ3) is 3.02. The van der Waals surface area contributed by atoms with E-state index in [0.717, 1.165) is 19.4 Å². The summed E-state index contributed by atoms with van der Waals surface area (Å²) in [7, 11) is 0. The Kier molecular flexibility index (Phi) is 4.59. The lowest BCUT2D eigenvalue weighted by Crippen LogP contribution is -2.55. The molecule has 18 heavy (non-hydrogen) atoms. The Morgan fingerprint density at radius 1 is 1.44 bits per heavy atom. The van der Waals surface area contributed by atoms with Gasteiger partial charge in [0.1, 0.15) is 0 Å². The van der Waals surface area contributed by atoms with Gasteiger partial charge in [-0.1, -0.05) is 0 Å². The highest BCUT2D eigenvalue weighted by molar-refractivity contribution is 5.79. The minimum Gasteiger partial charge on any atom is -0.394 e. The molecule has 4 unspecified atom stereocenters. The Hall–Kier alpha value is -0.650. The number of amides is 1. The SMILES string of the molecule is CC1CCC(C(=O)N2CC(CO)OCC2C)CN1. The molecule has 5 heteroatoms. The second-order valence-electron chi connectivity index (χ2n) is 5.56. The summed E-state index contributed by atoms with van der Waals surface area (Å²) in [4.78, 5) is 14.4. The van der Waals surface area contributed by atoms with Crippen LogP contribution >= 0.6 is 0 Å². The van der Waals surface area contributed by atoms with Gasteiger partial charge in [-0.05, 0) is 26.7 Å². The van der Waals surface area contributed by atoms with Crippen molar-refractivity contribution >= 4 is 5.91 Å². The maximum absolute atomic E-state index is 12.5. The second kappa shape index (κ2) is 5.99. The van der Waals surface area contributed by atoms with Gasteiger partial charge in [-0.3, -0.25) is 4.79 Å². The fraction of sp³-hybridized carbons (Fsp3) is 0.923. The van der Waals surface area contributed by atoms with Gasteiger partial charge in [-0.15, -0.1) is 0 Å². The zero-order chi connectivity index (χ0) is 13.1. The van der Waals surface area contributed by atoms with Crippen molar-refractivity contribution in [1.29, 1.82) is 0 Å². The van der Waals surface area contributed by atoms with E-state index in [1.807, 2.05) is 11.8 Å². The van der Waals surface area contributed by atoms with Crippen LogP contribution < -0.4 is 5.32 Å². The fourth-order valence-electron chi connectivity index (χ4n) is 2.68. The van der Waals surface area contributed by atoms with Crippen LogP contribution in [0.5, 0.6) is 0 Å². The van der Waals surface area contributed by atoms with E-state index < -0.39 is 0 Å². The first kappa shape index (κ1) is 13.8. The molecule has 0 radical (unpaired) electrons. The second-order valence-corrected chi connectivity index (χ2v) is 5.56. The zero-order valence-corrected chi connectivity index (χ0v) is 11.3. The lowest BCUT2D eigenvalue weighted by Gasteiger charge is -2.40. The Labute approximate surface area is 108 Å². The van der Waals surface area contributed by atoms with Gasteiger partial charge in [0.2, 0.25) is 5.91 Å². The zero-order valence-electron chi connectivity index (χ0n) is 11.3. The van der Waals surface area contributed by atoms with E-state index in [4.69, 9.17) is 9.84 Å². The molecule has 5 nitrogen and oxygen atoms in total. The number of nitrogens with one attached hydrogen (secondary N) is 1. The third-order valence-corrected chi connectivity index (χ3v) is 4.00. The molecule has 2 aliphatic rings. The topological polar surface area (TPSA) is 61.8 Å². The molecule has 0 aromatic heterocycles. The number of aliphatic hydroxyl groups excluding tert-OH is 1. The van der Waals surface area contributed by atoms with E-state index >= 15 is 0 Å². The number of carbonyl (C=O) groups is 1. The van der Waals surface area contributed by atoms with Crippen LogP contribution in [0.3, 0.4) is 0 Å². The maximum Gasteiger partial charge on any atom is 0.227 e. The number of nitrogens with zero attached hydrogens (tertiary/aromatic N) is 1. The molecule has 0 aromatic rings. The van der Waals surface area contributed by atoms with Crippen molar-refractivity contribution in [3.63, 3.8) is 0 Å². The molecular weight excluding hydrogens is 232 g/mol. The summed E-state index contributed by atoms with van der Waals surface area (Å²) in [5.74, 6) is 0.296. The van der Waals surface area contributed by atoms with Crippen molar-refractivity contribution < 1.29 is 14.6 Å². The monoisotopic (exact) mass is 256 g/mol. The van der Waals surface area contributed by atoms with Crippen molar-refractivity contribution in [2.45, 2.75) is 44.9 Å². The normalized spacial score (nSPS) is 37.6. The fourth-order valence-corrected chi connectivity index (χ4v) is 2.68. The molecule has 4 atom stereocenters. The van der Waals surface area contributed by atoms with E-state index in [-0.39, 0.29) is 30.6 Å². The number of rotatable bonds is 2. The number of hydrogen-bond acceptors (Lipinski definition) is 4. The molecule has 2 heterocycles. The number of hydrogen-bond donors (Lipinski definition) is 2. The van der Waals surface area contributed by atoms with Crippen molar-refractivity contribution in [2.75, 3.05) is 26.3 Å². The van der Waals surface area contributed by atoms with Crippen LogP contribution in [-0.4, -0.2) is 60.4 Å². The van der Waals surface area contributed by atoms with E-state index in [9.17, 15) is 4.79 Å². The molecule has 0 spiro atoms. The van der Waals surface area contributed by atoms with Crippen molar-refractivity contribution in [2.24, 2.45) is 5.92 Å². The number of morpholine rings is 1. The van der Waals surface area contributed by atoms with Gasteiger partial charge in [0.05, 0.1) is 31.3 Å². The summed E-state index contributed by atoms with van der Waals surface area (Å²) in [6, 6.07) is 0.626. The highest BCUT2D eigenvalue weighted by Gasteiger charge is 2.34. The predicted octanol–water partition coefficient (Wildman–Crippen LogP) is -0.0173. The third-order valence-electron chi connectivity index (χ3n) is 4.00. The highest BCUT2D eigenvalue weighted by Crippen LogP contribution is 2.20. The minimum absolute atomic E-state index is 0.0174. The van der Waals surface area contributed by atoms with Crippen LogP contribution in [-0.2, 0) is 9.53 Å². The minimum atomic E-state index is -0.222. The Balaban J connectivity index is 1.94. The van der Waals surface area contributed by atoms with Crippen LogP contribution in [0.25, 0.3) is 0 Å². The first-order valence-corrected chi connectivity index (χ1v) is 6.88. The molecular formula is C13H24N2O3. The van der Waals surface area contributed by atoms with Gasteiger partial charge in [-0.2, -0.15) is 0 Å². The van der Waals surface area contributed by atoms with Crippen LogP contribution in [0.1, 0.15) is 26.7 Å². The largest absolute Gasteiger partial charge is 0.394 e. The Morgan fingerprint density at radius 3 is 2.83 bits per heavy atom. The molecule has 2 N–H and O–H groups in total. The average Bonchev–Trinajstić information content (AvgIpc) is 2.39. The average molecular weight is 256 g/mol. The number of ether oxygens (including phenoxy) is 1. The first-order valence-electron chi connectivity index (χ1n) is 6.88. The lowest BCUT2D eigenvalue weighted by molar-refractivity contribution is -0.151. The van der Waals surface area contributed by atoms with Crippen molar-refractivity contribution in [1.82, 2.24) is 10.2 Å². The number of aliphatic hydroxyl groups is 1. The molecule has 1 amide bonds. The van der Waals surface area contributed by atoms with E-state index in [1.165, 1.54) is 0 Å². The summed E-state index contributed by atoms with van der Waals surface area (Å²) in [5.41, 5.74) is 0. The van der Waals surface area contributed by atoms with Crippen molar-refractivity contribution in [3.05, 3.63) is 0 Å². The highest BCUT2D eigenvalue weighted by atomic mass is 16.5. The molecule has 2 rings (SSSR count). The van der Waals surface area contributed by atoms with E-state index in [1.54, 1.807) is 0 Å². The summed E-state index contributed by atoms with van der Waals surface area (Å²) >= 11 is 0. The van der Waals surface area contributed by atoms with Crippen LogP contribution in [0, 0.1) is 5.92 Å². The van der Waals surface area contributed by atoms with Gasteiger partial charge >= 0.3 is 0 Å². The smallest absolute Gasteiger partial charge is 0.227 e. The van der Waals surface area contributed by atoms with Crippen molar-refractivity contribution in [3.8, 4) is 0 Å². The molecule has 2 fully saturated rings. The summed E-state index contributed by atoms with van der Waals surface area (Å²) < 4.78 is 5.46. The van der Waals surface area contributed by atoms with Gasteiger partial charge in [0, 0.05) is 19.1 Å². The number of piperidine rings is 1. The lowest BCUT2D eigenvalue weighted by atomic mass is 9.93. The molecule has 104 valence electrons. The first-order chi connectivity index (χ1) is 8.61. The molecule has 0 saturated carbocycles. The van der Waals surface area contributed by atoms with Gasteiger partial charge in [0.25, 0.3) is 0 Å². The van der Waals surface area contributed by atoms with Crippen LogP contribution in [0.2, 0.25) is 0 Å². The quantitative estimate of drug-likeness (QED) is 0.729. The number of carbonyl (C=O) groups excluding carboxylic acids is 1. The Bertz CT molecular complexity index is 290. The van der Waals surface area contributed by atoms with E-state index in [2.05, 4.69) is 12.2 Å². The summed E-state index contributed by atoms with van der Waals surface area (Å²) in [6.45, 7) is 5.95. The van der Waals surface area contributed by atoms with Crippen LogP contribution in [0.15, 0.2) is 0 Å². The molecule has 0 aliphatic carbocycles. The summed E-state index contributed by atoms with van der Waals surface area (Å²) in [6.07, 6.45) is 1.79. The molecule has 2 aliphatic heterocycles.